The Kier molecular flexibility index (Phi) is 5.26. The summed E-state index contributed by atoms with van der Waals surface area (Å²) < 4.78 is 3.54. The minimum atomic E-state index is -0.100. The van der Waals surface area contributed by atoms with Crippen molar-refractivity contribution in [3.05, 3.63) is 82.4 Å². The fraction of sp³-hybridized carbons (Fsp3) is 0.292. The van der Waals surface area contributed by atoms with Gasteiger partial charge >= 0.3 is 0 Å². The van der Waals surface area contributed by atoms with Gasteiger partial charge in [0.2, 0.25) is 0 Å². The van der Waals surface area contributed by atoms with E-state index in [0.717, 1.165) is 30.7 Å². The highest BCUT2D eigenvalue weighted by Crippen LogP contribution is 2.15. The summed E-state index contributed by atoms with van der Waals surface area (Å²) >= 11 is 0. The molecule has 7 nitrogen and oxygen atoms in total. The van der Waals surface area contributed by atoms with Crippen LogP contribution in [0.25, 0.3) is 16.7 Å². The maximum absolute atomic E-state index is 13.1. The molecule has 0 spiro atoms. The Bertz CT molecular complexity index is 1300. The standard InChI is InChI=1S/C24H25N5O2/c30-23(26-11-15-27-12-1-2-13-27)19-7-3-6-18(16-19)17-29-22-20(8-4-10-25-22)28-14-5-9-21(28)24(29)31/h3-10,14,16H,1-2,11-13,15,17H2,(H,26,30). The maximum atomic E-state index is 13.1. The molecule has 1 aromatic carbocycles. The Morgan fingerprint density at radius 3 is 2.74 bits per heavy atom. The van der Waals surface area contributed by atoms with Crippen molar-refractivity contribution in [3.63, 3.8) is 0 Å². The number of nitrogens with one attached hydrogen (secondary N) is 1. The number of aromatic nitrogens is 3. The third-order valence-electron chi connectivity index (χ3n) is 5.94. The van der Waals surface area contributed by atoms with Crippen molar-refractivity contribution in [3.8, 4) is 0 Å². The molecule has 1 aliphatic heterocycles. The molecule has 0 atom stereocenters. The van der Waals surface area contributed by atoms with Gasteiger partial charge in [0.05, 0.1) is 12.1 Å². The van der Waals surface area contributed by atoms with E-state index in [9.17, 15) is 9.59 Å². The van der Waals surface area contributed by atoms with E-state index in [1.54, 1.807) is 10.8 Å². The van der Waals surface area contributed by atoms with Crippen molar-refractivity contribution in [1.82, 2.24) is 24.2 Å². The van der Waals surface area contributed by atoms with Crippen LogP contribution in [0.3, 0.4) is 0 Å². The van der Waals surface area contributed by atoms with E-state index in [1.807, 2.05) is 59.1 Å². The highest BCUT2D eigenvalue weighted by molar-refractivity contribution is 5.94. The first-order valence-electron chi connectivity index (χ1n) is 10.7. The van der Waals surface area contributed by atoms with Crippen LogP contribution in [0.15, 0.2) is 65.7 Å². The second-order valence-electron chi connectivity index (χ2n) is 8.01. The molecule has 7 heteroatoms. The minimum Gasteiger partial charge on any atom is -0.351 e. The number of likely N-dealkylation sites (tertiary alicyclic amines) is 1. The molecule has 31 heavy (non-hydrogen) atoms. The van der Waals surface area contributed by atoms with E-state index >= 15 is 0 Å². The summed E-state index contributed by atoms with van der Waals surface area (Å²) in [5, 5.41) is 3.01. The number of fused-ring (bicyclic) bond motifs is 3. The van der Waals surface area contributed by atoms with E-state index in [-0.39, 0.29) is 11.5 Å². The Morgan fingerprint density at radius 1 is 1.03 bits per heavy atom. The molecule has 0 bridgehead atoms. The number of benzene rings is 1. The number of hydrogen-bond acceptors (Lipinski definition) is 4. The quantitative estimate of drug-likeness (QED) is 0.525. The fourth-order valence-corrected chi connectivity index (χ4v) is 4.36. The third kappa shape index (κ3) is 3.84. The molecule has 0 aliphatic carbocycles. The molecule has 0 unspecified atom stereocenters. The van der Waals surface area contributed by atoms with Crippen LogP contribution in [0, 0.1) is 0 Å². The van der Waals surface area contributed by atoms with Crippen LogP contribution in [0.4, 0.5) is 0 Å². The molecule has 5 rings (SSSR count). The first kappa shape index (κ1) is 19.5. The summed E-state index contributed by atoms with van der Waals surface area (Å²) in [5.41, 5.74) is 3.49. The summed E-state index contributed by atoms with van der Waals surface area (Å²) in [7, 11) is 0. The van der Waals surface area contributed by atoms with Crippen molar-refractivity contribution in [2.45, 2.75) is 19.4 Å². The Hall–Kier alpha value is -3.45. The lowest BCUT2D eigenvalue weighted by Crippen LogP contribution is -2.33. The van der Waals surface area contributed by atoms with Gasteiger partial charge in [0, 0.05) is 31.0 Å². The van der Waals surface area contributed by atoms with Crippen molar-refractivity contribution >= 4 is 22.6 Å². The Morgan fingerprint density at radius 2 is 1.87 bits per heavy atom. The van der Waals surface area contributed by atoms with E-state index in [0.29, 0.717) is 29.8 Å². The van der Waals surface area contributed by atoms with Crippen molar-refractivity contribution in [2.75, 3.05) is 26.2 Å². The van der Waals surface area contributed by atoms with E-state index in [4.69, 9.17) is 0 Å². The van der Waals surface area contributed by atoms with Gasteiger partial charge in [-0.2, -0.15) is 0 Å². The second kappa shape index (κ2) is 8.35. The predicted octanol–water partition coefficient (Wildman–Crippen LogP) is 2.52. The van der Waals surface area contributed by atoms with E-state index in [1.165, 1.54) is 12.8 Å². The van der Waals surface area contributed by atoms with Crippen LogP contribution in [0.2, 0.25) is 0 Å². The van der Waals surface area contributed by atoms with Crippen LogP contribution < -0.4 is 10.9 Å². The Balaban J connectivity index is 1.39. The molecule has 4 heterocycles. The lowest BCUT2D eigenvalue weighted by Gasteiger charge is -2.15. The molecular weight excluding hydrogens is 390 g/mol. The molecule has 4 aromatic rings. The average Bonchev–Trinajstić information content (AvgIpc) is 3.49. The van der Waals surface area contributed by atoms with Crippen molar-refractivity contribution in [2.24, 2.45) is 0 Å². The van der Waals surface area contributed by atoms with Crippen molar-refractivity contribution in [1.29, 1.82) is 0 Å². The molecule has 1 N–H and O–H groups in total. The lowest BCUT2D eigenvalue weighted by molar-refractivity contribution is 0.0949. The van der Waals surface area contributed by atoms with Gasteiger partial charge in [-0.15, -0.1) is 0 Å². The Labute approximate surface area is 179 Å². The van der Waals surface area contributed by atoms with Gasteiger partial charge in [0.15, 0.2) is 5.65 Å². The van der Waals surface area contributed by atoms with Gasteiger partial charge in [0.1, 0.15) is 5.52 Å². The molecule has 1 amide bonds. The lowest BCUT2D eigenvalue weighted by atomic mass is 10.1. The smallest absolute Gasteiger partial charge is 0.276 e. The summed E-state index contributed by atoms with van der Waals surface area (Å²) in [6, 6.07) is 15.0. The third-order valence-corrected chi connectivity index (χ3v) is 5.94. The first-order valence-corrected chi connectivity index (χ1v) is 10.7. The zero-order valence-corrected chi connectivity index (χ0v) is 17.3. The summed E-state index contributed by atoms with van der Waals surface area (Å²) in [6.45, 7) is 4.11. The second-order valence-corrected chi connectivity index (χ2v) is 8.01. The number of rotatable bonds is 6. The fourth-order valence-electron chi connectivity index (χ4n) is 4.36. The number of amides is 1. The van der Waals surface area contributed by atoms with Gasteiger partial charge in [-0.3, -0.25) is 14.2 Å². The van der Waals surface area contributed by atoms with Gasteiger partial charge in [-0.1, -0.05) is 12.1 Å². The first-order chi connectivity index (χ1) is 15.2. The molecule has 1 fully saturated rings. The van der Waals surface area contributed by atoms with Crippen LogP contribution >= 0.6 is 0 Å². The number of pyridine rings is 1. The van der Waals surface area contributed by atoms with Gasteiger partial charge in [-0.25, -0.2) is 4.98 Å². The summed E-state index contributed by atoms with van der Waals surface area (Å²) in [6.07, 6.45) is 6.05. The molecule has 3 aromatic heterocycles. The summed E-state index contributed by atoms with van der Waals surface area (Å²) in [4.78, 5) is 32.6. The zero-order chi connectivity index (χ0) is 21.2. The minimum absolute atomic E-state index is 0.0848. The monoisotopic (exact) mass is 415 g/mol. The van der Waals surface area contributed by atoms with Gasteiger partial charge < -0.3 is 14.6 Å². The predicted molar refractivity (Wildman–Crippen MR) is 121 cm³/mol. The molecule has 1 aliphatic rings. The SMILES string of the molecule is O=C(NCCN1CCCC1)c1cccc(Cn2c(=O)c3cccn3c3cccnc32)c1. The van der Waals surface area contributed by atoms with Crippen molar-refractivity contribution < 1.29 is 4.79 Å². The van der Waals surface area contributed by atoms with Crippen LogP contribution in [-0.4, -0.2) is 50.9 Å². The molecular formula is C24H25N5O2. The number of carbonyl (C=O) groups is 1. The number of hydrogen-bond donors (Lipinski definition) is 1. The van der Waals surface area contributed by atoms with Gasteiger partial charge in [0.25, 0.3) is 11.5 Å². The summed E-state index contributed by atoms with van der Waals surface area (Å²) in [5.74, 6) is -0.0848. The molecule has 0 saturated carbocycles. The molecule has 1 saturated heterocycles. The van der Waals surface area contributed by atoms with E-state index in [2.05, 4.69) is 15.2 Å². The number of nitrogens with zero attached hydrogens (tertiary/aromatic N) is 4. The zero-order valence-electron chi connectivity index (χ0n) is 17.3. The average molecular weight is 415 g/mol. The topological polar surface area (TPSA) is 71.6 Å². The normalized spacial score (nSPS) is 14.5. The van der Waals surface area contributed by atoms with Crippen LogP contribution in [0.5, 0.6) is 0 Å². The highest BCUT2D eigenvalue weighted by Gasteiger charge is 2.14. The molecule has 0 radical (unpaired) electrons. The maximum Gasteiger partial charge on any atom is 0.276 e. The highest BCUT2D eigenvalue weighted by atomic mass is 16.1. The number of carbonyl (C=O) groups excluding carboxylic acids is 1. The largest absolute Gasteiger partial charge is 0.351 e. The van der Waals surface area contributed by atoms with Crippen LogP contribution in [-0.2, 0) is 6.54 Å². The molecule has 158 valence electrons. The van der Waals surface area contributed by atoms with Crippen LogP contribution in [0.1, 0.15) is 28.8 Å². The van der Waals surface area contributed by atoms with E-state index < -0.39 is 0 Å². The van der Waals surface area contributed by atoms with Gasteiger partial charge in [-0.05, 0) is 67.9 Å².